The fraction of sp³-hybridized carbons (Fsp3) is 0.579. The zero-order valence-corrected chi connectivity index (χ0v) is 15.2. The van der Waals surface area contributed by atoms with Crippen molar-refractivity contribution in [3.8, 4) is 5.75 Å². The van der Waals surface area contributed by atoms with Gasteiger partial charge in [0.25, 0.3) is 0 Å². The fourth-order valence-corrected chi connectivity index (χ4v) is 3.50. The number of rotatable bonds is 5. The van der Waals surface area contributed by atoms with Crippen LogP contribution in [0.1, 0.15) is 25.7 Å². The molecule has 0 bridgehead atoms. The van der Waals surface area contributed by atoms with Crippen molar-refractivity contribution in [1.82, 2.24) is 9.80 Å². The van der Waals surface area contributed by atoms with E-state index in [1.54, 1.807) is 0 Å². The average Bonchev–Trinajstić information content (AvgIpc) is 3.22. The van der Waals surface area contributed by atoms with Crippen molar-refractivity contribution in [3.05, 3.63) is 24.3 Å². The lowest BCUT2D eigenvalue weighted by Crippen LogP contribution is -2.47. The van der Waals surface area contributed by atoms with Gasteiger partial charge in [-0.25, -0.2) is 4.79 Å². The molecule has 2 aliphatic heterocycles. The van der Waals surface area contributed by atoms with Crippen molar-refractivity contribution in [2.75, 3.05) is 44.6 Å². The summed E-state index contributed by atoms with van der Waals surface area (Å²) in [5.74, 6) is 0.710. The summed E-state index contributed by atoms with van der Waals surface area (Å²) in [6.07, 6.45) is 3.62. The van der Waals surface area contributed by atoms with Crippen LogP contribution >= 0.6 is 0 Å². The van der Waals surface area contributed by atoms with E-state index in [2.05, 4.69) is 5.32 Å². The monoisotopic (exact) mass is 360 g/mol. The molecule has 0 aromatic heterocycles. The number of hydrogen-bond acceptors (Lipinski definition) is 4. The van der Waals surface area contributed by atoms with Gasteiger partial charge in [-0.1, -0.05) is 0 Å². The molecule has 2 heterocycles. The molecule has 26 heavy (non-hydrogen) atoms. The van der Waals surface area contributed by atoms with Gasteiger partial charge >= 0.3 is 6.03 Å². The predicted molar refractivity (Wildman–Crippen MR) is 100 cm³/mol. The summed E-state index contributed by atoms with van der Waals surface area (Å²) in [5.41, 5.74) is 6.16. The van der Waals surface area contributed by atoms with Crippen molar-refractivity contribution in [2.45, 2.75) is 25.7 Å². The van der Waals surface area contributed by atoms with Crippen molar-refractivity contribution in [3.63, 3.8) is 0 Å². The Morgan fingerprint density at radius 1 is 1.04 bits per heavy atom. The van der Waals surface area contributed by atoms with Crippen molar-refractivity contribution in [1.29, 1.82) is 0 Å². The second kappa shape index (κ2) is 8.89. The number of amides is 3. The molecule has 0 radical (unpaired) electrons. The lowest BCUT2D eigenvalue weighted by atomic mass is 9.96. The summed E-state index contributed by atoms with van der Waals surface area (Å²) in [4.78, 5) is 28.7. The van der Waals surface area contributed by atoms with E-state index >= 15 is 0 Å². The number of nitrogens with two attached hydrogens (primary N) is 1. The van der Waals surface area contributed by atoms with Gasteiger partial charge in [-0.3, -0.25) is 4.79 Å². The molecule has 2 saturated heterocycles. The van der Waals surface area contributed by atoms with E-state index in [1.807, 2.05) is 34.1 Å². The Balaban J connectivity index is 1.45. The third-order valence-electron chi connectivity index (χ3n) is 5.02. The Morgan fingerprint density at radius 3 is 2.27 bits per heavy atom. The summed E-state index contributed by atoms with van der Waals surface area (Å²) in [5, 5.41) is 2.96. The number of ether oxygens (including phenoxy) is 1. The molecule has 7 nitrogen and oxygen atoms in total. The first-order valence-corrected chi connectivity index (χ1v) is 9.45. The molecule has 7 heteroatoms. The van der Waals surface area contributed by atoms with Gasteiger partial charge in [0.15, 0.2) is 0 Å². The summed E-state index contributed by atoms with van der Waals surface area (Å²) in [7, 11) is 0. The van der Waals surface area contributed by atoms with Crippen LogP contribution in [0, 0.1) is 5.92 Å². The summed E-state index contributed by atoms with van der Waals surface area (Å²) < 4.78 is 5.43. The predicted octanol–water partition coefficient (Wildman–Crippen LogP) is 1.89. The number of carbonyl (C=O) groups is 2. The molecule has 2 fully saturated rings. The quantitative estimate of drug-likeness (QED) is 0.839. The zero-order valence-electron chi connectivity index (χ0n) is 15.2. The first-order chi connectivity index (χ1) is 12.7. The van der Waals surface area contributed by atoms with Gasteiger partial charge in [-0.2, -0.15) is 0 Å². The second-order valence-corrected chi connectivity index (χ2v) is 6.89. The van der Waals surface area contributed by atoms with Gasteiger partial charge in [-0.05, 0) is 49.9 Å². The fourth-order valence-electron chi connectivity index (χ4n) is 3.50. The molecule has 1 aromatic carbocycles. The highest BCUT2D eigenvalue weighted by atomic mass is 16.5. The molecule has 0 atom stereocenters. The van der Waals surface area contributed by atoms with Gasteiger partial charge in [0.1, 0.15) is 12.4 Å². The molecule has 3 amide bonds. The number of piperidine rings is 1. The topological polar surface area (TPSA) is 87.9 Å². The number of nitrogens with zero attached hydrogens (tertiary/aromatic N) is 2. The number of nitrogens with one attached hydrogen (secondary N) is 1. The standard InChI is InChI=1S/C19H28N4O3/c20-9-14-26-17-5-3-16(4-6-17)21-18(24)15-7-12-23(13-8-15)19(25)22-10-1-2-11-22/h3-6,15H,1-2,7-14,20H2,(H,21,24). The highest BCUT2D eigenvalue weighted by Gasteiger charge is 2.30. The third-order valence-corrected chi connectivity index (χ3v) is 5.02. The number of urea groups is 1. The van der Waals surface area contributed by atoms with E-state index in [0.717, 1.165) is 37.4 Å². The van der Waals surface area contributed by atoms with Crippen LogP contribution < -0.4 is 15.8 Å². The van der Waals surface area contributed by atoms with E-state index in [1.165, 1.54) is 0 Å². The van der Waals surface area contributed by atoms with Crippen LogP contribution in [0.2, 0.25) is 0 Å². The minimum Gasteiger partial charge on any atom is -0.492 e. The van der Waals surface area contributed by atoms with E-state index in [-0.39, 0.29) is 17.9 Å². The van der Waals surface area contributed by atoms with Gasteiger partial charge in [0.2, 0.25) is 5.91 Å². The van der Waals surface area contributed by atoms with Crippen LogP contribution in [0.15, 0.2) is 24.3 Å². The largest absolute Gasteiger partial charge is 0.492 e. The van der Waals surface area contributed by atoms with Gasteiger partial charge in [0, 0.05) is 44.3 Å². The normalized spacial score (nSPS) is 18.0. The molecule has 3 rings (SSSR count). The van der Waals surface area contributed by atoms with E-state index in [4.69, 9.17) is 10.5 Å². The summed E-state index contributed by atoms with van der Waals surface area (Å²) in [6, 6.07) is 7.44. The lowest BCUT2D eigenvalue weighted by Gasteiger charge is -2.34. The molecule has 2 aliphatic rings. The molecule has 0 spiro atoms. The Hall–Kier alpha value is -2.28. The first-order valence-electron chi connectivity index (χ1n) is 9.45. The minimum atomic E-state index is -0.0502. The van der Waals surface area contributed by atoms with E-state index in [9.17, 15) is 9.59 Å². The van der Waals surface area contributed by atoms with Crippen molar-refractivity contribution in [2.24, 2.45) is 11.7 Å². The maximum atomic E-state index is 12.5. The third kappa shape index (κ3) is 4.66. The van der Waals surface area contributed by atoms with Gasteiger partial charge < -0.3 is 25.6 Å². The SMILES string of the molecule is NCCOc1ccc(NC(=O)C2CCN(C(=O)N3CCCC3)CC2)cc1. The number of likely N-dealkylation sites (tertiary alicyclic amines) is 2. The molecule has 0 unspecified atom stereocenters. The highest BCUT2D eigenvalue weighted by Crippen LogP contribution is 2.22. The Labute approximate surface area is 154 Å². The van der Waals surface area contributed by atoms with Gasteiger partial charge in [0.05, 0.1) is 0 Å². The summed E-state index contributed by atoms with van der Waals surface area (Å²) >= 11 is 0. The number of hydrogen-bond donors (Lipinski definition) is 2. The number of carbonyl (C=O) groups excluding carboxylic acids is 2. The van der Waals surface area contributed by atoms with Crippen LogP contribution in [-0.2, 0) is 4.79 Å². The molecule has 3 N–H and O–H groups in total. The smallest absolute Gasteiger partial charge is 0.319 e. The van der Waals surface area contributed by atoms with Crippen molar-refractivity contribution >= 4 is 17.6 Å². The van der Waals surface area contributed by atoms with Crippen LogP contribution in [0.3, 0.4) is 0 Å². The van der Waals surface area contributed by atoms with Crippen molar-refractivity contribution < 1.29 is 14.3 Å². The van der Waals surface area contributed by atoms with E-state index < -0.39 is 0 Å². The van der Waals surface area contributed by atoms with Crippen LogP contribution in [-0.4, -0.2) is 61.1 Å². The lowest BCUT2D eigenvalue weighted by molar-refractivity contribution is -0.121. The Kier molecular flexibility index (Phi) is 6.33. The molecule has 0 aliphatic carbocycles. The highest BCUT2D eigenvalue weighted by molar-refractivity contribution is 5.92. The van der Waals surface area contributed by atoms with Crippen LogP contribution in [0.25, 0.3) is 0 Å². The summed E-state index contributed by atoms with van der Waals surface area (Å²) in [6.45, 7) is 3.98. The molecule has 1 aromatic rings. The maximum Gasteiger partial charge on any atom is 0.319 e. The second-order valence-electron chi connectivity index (χ2n) is 6.89. The molecular weight excluding hydrogens is 332 g/mol. The number of benzene rings is 1. The number of anilines is 1. The molecule has 0 saturated carbocycles. The maximum absolute atomic E-state index is 12.5. The Morgan fingerprint density at radius 2 is 1.65 bits per heavy atom. The zero-order chi connectivity index (χ0) is 18.4. The van der Waals surface area contributed by atoms with Crippen LogP contribution in [0.4, 0.5) is 10.5 Å². The van der Waals surface area contributed by atoms with Crippen LogP contribution in [0.5, 0.6) is 5.75 Å². The average molecular weight is 360 g/mol. The molecular formula is C19H28N4O3. The minimum absolute atomic E-state index is 0.0221. The molecule has 142 valence electrons. The Bertz CT molecular complexity index is 606. The van der Waals surface area contributed by atoms with E-state index in [0.29, 0.717) is 39.1 Å². The van der Waals surface area contributed by atoms with Gasteiger partial charge in [-0.15, -0.1) is 0 Å². The first kappa shape index (κ1) is 18.5.